The van der Waals surface area contributed by atoms with Crippen LogP contribution in [0.4, 0.5) is 8.78 Å². The number of halogens is 3. The molecular formula is C13H8BrF2NO. The molecule has 2 rings (SSSR count). The van der Waals surface area contributed by atoms with Gasteiger partial charge in [0.25, 0.3) is 0 Å². The highest BCUT2D eigenvalue weighted by atomic mass is 79.9. The summed E-state index contributed by atoms with van der Waals surface area (Å²) in [5.74, 6) is -1.75. The zero-order valence-corrected chi connectivity index (χ0v) is 10.7. The van der Waals surface area contributed by atoms with Crippen LogP contribution in [0, 0.1) is 11.6 Å². The molecule has 0 aliphatic carbocycles. The van der Waals surface area contributed by atoms with Crippen molar-refractivity contribution in [2.45, 2.75) is 0 Å². The van der Waals surface area contributed by atoms with Crippen molar-refractivity contribution in [1.29, 1.82) is 0 Å². The standard InChI is InChI=1S/C13H8BrF2NO/c14-11-3-1-7(5-10(11)13(17)18)9-6-8(15)2-4-12(9)16/h1-6H,(H2,17,18). The minimum Gasteiger partial charge on any atom is -0.366 e. The molecule has 1 amide bonds. The van der Waals surface area contributed by atoms with Crippen molar-refractivity contribution in [3.05, 3.63) is 58.1 Å². The highest BCUT2D eigenvalue weighted by Crippen LogP contribution is 2.27. The Labute approximate surface area is 111 Å². The molecule has 0 unspecified atom stereocenters. The maximum absolute atomic E-state index is 13.6. The highest BCUT2D eigenvalue weighted by molar-refractivity contribution is 9.10. The summed E-state index contributed by atoms with van der Waals surface area (Å²) < 4.78 is 27.2. The molecule has 0 aliphatic heterocycles. The van der Waals surface area contributed by atoms with E-state index in [1.54, 1.807) is 12.1 Å². The van der Waals surface area contributed by atoms with E-state index in [1.165, 1.54) is 6.07 Å². The zero-order valence-electron chi connectivity index (χ0n) is 9.08. The number of primary amides is 1. The van der Waals surface area contributed by atoms with E-state index in [9.17, 15) is 13.6 Å². The second-order valence-corrected chi connectivity index (χ2v) is 4.54. The lowest BCUT2D eigenvalue weighted by Gasteiger charge is -2.07. The zero-order chi connectivity index (χ0) is 13.3. The molecule has 2 aromatic rings. The monoisotopic (exact) mass is 311 g/mol. The Morgan fingerprint density at radius 1 is 1.11 bits per heavy atom. The van der Waals surface area contributed by atoms with Crippen LogP contribution in [0.1, 0.15) is 10.4 Å². The fraction of sp³-hybridized carbons (Fsp3) is 0. The molecule has 92 valence electrons. The van der Waals surface area contributed by atoms with Gasteiger partial charge in [-0.05, 0) is 51.8 Å². The van der Waals surface area contributed by atoms with Gasteiger partial charge in [-0.2, -0.15) is 0 Å². The van der Waals surface area contributed by atoms with E-state index in [1.807, 2.05) is 0 Å². The first-order valence-corrected chi connectivity index (χ1v) is 5.83. The average molecular weight is 312 g/mol. The SMILES string of the molecule is NC(=O)c1cc(-c2cc(F)ccc2F)ccc1Br. The fourth-order valence-electron chi connectivity index (χ4n) is 1.60. The van der Waals surface area contributed by atoms with E-state index >= 15 is 0 Å². The summed E-state index contributed by atoms with van der Waals surface area (Å²) in [5.41, 5.74) is 5.89. The summed E-state index contributed by atoms with van der Waals surface area (Å²) >= 11 is 3.17. The highest BCUT2D eigenvalue weighted by Gasteiger charge is 2.11. The van der Waals surface area contributed by atoms with Gasteiger partial charge < -0.3 is 5.73 Å². The Bertz CT molecular complexity index is 628. The second-order valence-electron chi connectivity index (χ2n) is 3.68. The van der Waals surface area contributed by atoms with Crippen LogP contribution < -0.4 is 5.73 Å². The van der Waals surface area contributed by atoms with Gasteiger partial charge in [0.05, 0.1) is 5.56 Å². The smallest absolute Gasteiger partial charge is 0.249 e. The van der Waals surface area contributed by atoms with Gasteiger partial charge in [0.2, 0.25) is 5.91 Å². The van der Waals surface area contributed by atoms with E-state index in [2.05, 4.69) is 15.9 Å². The summed E-state index contributed by atoms with van der Waals surface area (Å²) in [6.07, 6.45) is 0. The summed E-state index contributed by atoms with van der Waals surface area (Å²) in [4.78, 5) is 11.2. The van der Waals surface area contributed by atoms with Gasteiger partial charge in [-0.1, -0.05) is 6.07 Å². The van der Waals surface area contributed by atoms with E-state index < -0.39 is 17.5 Å². The Balaban J connectivity index is 2.61. The third-order valence-corrected chi connectivity index (χ3v) is 3.16. The Morgan fingerprint density at radius 3 is 2.50 bits per heavy atom. The number of rotatable bonds is 2. The van der Waals surface area contributed by atoms with Crippen LogP contribution in [-0.4, -0.2) is 5.91 Å². The first-order valence-electron chi connectivity index (χ1n) is 5.04. The van der Waals surface area contributed by atoms with Gasteiger partial charge in [-0.3, -0.25) is 4.79 Å². The lowest BCUT2D eigenvalue weighted by atomic mass is 10.0. The molecule has 0 bridgehead atoms. The molecule has 0 aliphatic rings. The van der Waals surface area contributed by atoms with Crippen molar-refractivity contribution in [2.24, 2.45) is 5.73 Å². The lowest BCUT2D eigenvalue weighted by molar-refractivity contribution is 0.0999. The van der Waals surface area contributed by atoms with Gasteiger partial charge in [-0.25, -0.2) is 8.78 Å². The van der Waals surface area contributed by atoms with Gasteiger partial charge >= 0.3 is 0 Å². The summed E-state index contributed by atoms with van der Waals surface area (Å²) in [6, 6.07) is 7.71. The van der Waals surface area contributed by atoms with E-state index in [4.69, 9.17) is 5.73 Å². The molecule has 0 heterocycles. The predicted octanol–water partition coefficient (Wildman–Crippen LogP) is 3.49. The van der Waals surface area contributed by atoms with Gasteiger partial charge in [0, 0.05) is 10.0 Å². The summed E-state index contributed by atoms with van der Waals surface area (Å²) in [5, 5.41) is 0. The van der Waals surface area contributed by atoms with Gasteiger partial charge in [-0.15, -0.1) is 0 Å². The number of carbonyl (C=O) groups is 1. The number of benzene rings is 2. The van der Waals surface area contributed by atoms with Crippen LogP contribution in [-0.2, 0) is 0 Å². The van der Waals surface area contributed by atoms with Crippen LogP contribution in [0.3, 0.4) is 0 Å². The summed E-state index contributed by atoms with van der Waals surface area (Å²) in [6.45, 7) is 0. The minimum absolute atomic E-state index is 0.0880. The minimum atomic E-state index is -0.638. The molecule has 0 atom stereocenters. The number of hydrogen-bond acceptors (Lipinski definition) is 1. The van der Waals surface area contributed by atoms with Crippen molar-refractivity contribution in [3.63, 3.8) is 0 Å². The van der Waals surface area contributed by atoms with Crippen LogP contribution in [0.25, 0.3) is 11.1 Å². The van der Waals surface area contributed by atoms with Crippen molar-refractivity contribution in [1.82, 2.24) is 0 Å². The number of carbonyl (C=O) groups excluding carboxylic acids is 1. The molecule has 0 aromatic heterocycles. The molecule has 5 heteroatoms. The fourth-order valence-corrected chi connectivity index (χ4v) is 2.04. The molecule has 18 heavy (non-hydrogen) atoms. The van der Waals surface area contributed by atoms with Gasteiger partial charge in [0.15, 0.2) is 0 Å². The molecule has 2 nitrogen and oxygen atoms in total. The van der Waals surface area contributed by atoms with Crippen LogP contribution >= 0.6 is 15.9 Å². The Kier molecular flexibility index (Phi) is 3.43. The maximum Gasteiger partial charge on any atom is 0.249 e. The van der Waals surface area contributed by atoms with E-state index in [-0.39, 0.29) is 11.1 Å². The molecule has 0 fully saturated rings. The molecule has 2 aromatic carbocycles. The summed E-state index contributed by atoms with van der Waals surface area (Å²) in [7, 11) is 0. The molecule has 0 radical (unpaired) electrons. The third-order valence-electron chi connectivity index (χ3n) is 2.47. The van der Waals surface area contributed by atoms with Crippen LogP contribution in [0.5, 0.6) is 0 Å². The second kappa shape index (κ2) is 4.86. The normalized spacial score (nSPS) is 10.4. The number of amides is 1. The van der Waals surface area contributed by atoms with Crippen LogP contribution in [0.15, 0.2) is 40.9 Å². The first-order chi connectivity index (χ1) is 8.49. The Hall–Kier alpha value is -1.75. The number of nitrogens with two attached hydrogens (primary N) is 1. The molecule has 0 saturated heterocycles. The first kappa shape index (κ1) is 12.7. The predicted molar refractivity (Wildman–Crippen MR) is 68.0 cm³/mol. The van der Waals surface area contributed by atoms with E-state index in [0.717, 1.165) is 18.2 Å². The largest absolute Gasteiger partial charge is 0.366 e. The van der Waals surface area contributed by atoms with Crippen LogP contribution in [0.2, 0.25) is 0 Å². The van der Waals surface area contributed by atoms with E-state index in [0.29, 0.717) is 10.0 Å². The van der Waals surface area contributed by atoms with Crippen molar-refractivity contribution in [3.8, 4) is 11.1 Å². The topological polar surface area (TPSA) is 43.1 Å². The lowest BCUT2D eigenvalue weighted by Crippen LogP contribution is -2.11. The molecule has 2 N–H and O–H groups in total. The maximum atomic E-state index is 13.6. The molecule has 0 spiro atoms. The average Bonchev–Trinajstić information content (AvgIpc) is 2.33. The quantitative estimate of drug-likeness (QED) is 0.906. The van der Waals surface area contributed by atoms with Crippen molar-refractivity contribution < 1.29 is 13.6 Å². The third kappa shape index (κ3) is 2.41. The molecule has 0 saturated carbocycles. The number of hydrogen-bond donors (Lipinski definition) is 1. The Morgan fingerprint density at radius 2 is 1.83 bits per heavy atom. The van der Waals surface area contributed by atoms with Crippen molar-refractivity contribution >= 4 is 21.8 Å². The molecular weight excluding hydrogens is 304 g/mol. The van der Waals surface area contributed by atoms with Gasteiger partial charge in [0.1, 0.15) is 11.6 Å². The van der Waals surface area contributed by atoms with Crippen molar-refractivity contribution in [2.75, 3.05) is 0 Å².